The molecule has 0 unspecified atom stereocenters. The number of benzene rings is 1. The third-order valence-corrected chi connectivity index (χ3v) is 7.97. The van der Waals surface area contributed by atoms with Crippen LogP contribution >= 0.6 is 11.3 Å². The van der Waals surface area contributed by atoms with Crippen molar-refractivity contribution in [2.45, 2.75) is 50.9 Å². The molecule has 0 saturated carbocycles. The molecule has 4 rings (SSSR count). The number of carboxylic acids is 1. The number of nitrogens with one attached hydrogen (secondary N) is 2. The molecule has 8 N–H and O–H groups in total. The monoisotopic (exact) mass is 668 g/mol. The molecule has 0 aliphatic carbocycles. The minimum Gasteiger partial charge on any atom is -0.489 e. The normalized spacial score (nSPS) is 20.8. The first-order valence-corrected chi connectivity index (χ1v) is 15.5. The summed E-state index contributed by atoms with van der Waals surface area (Å²) in [6.07, 6.45) is -0.799. The molecule has 0 radical (unpaired) electrons. The molecule has 2 aliphatic rings. The fourth-order valence-corrected chi connectivity index (χ4v) is 5.57. The molecule has 2 aromatic rings. The van der Waals surface area contributed by atoms with Gasteiger partial charge in [0.05, 0.1) is 11.6 Å². The average molecular weight is 669 g/mol. The molecule has 0 spiro atoms. The van der Waals surface area contributed by atoms with Gasteiger partial charge in [-0.05, 0) is 58.0 Å². The number of hydroxylamine groups is 2. The van der Waals surface area contributed by atoms with Crippen molar-refractivity contribution in [1.29, 1.82) is 0 Å². The van der Waals surface area contributed by atoms with E-state index in [1.165, 1.54) is 13.8 Å². The molecule has 2 saturated heterocycles. The summed E-state index contributed by atoms with van der Waals surface area (Å²) in [5, 5.41) is 19.5. The lowest BCUT2D eigenvalue weighted by atomic mass is 9.84. The quantitative estimate of drug-likeness (QED) is 0.0501. The fourth-order valence-electron chi connectivity index (χ4n) is 4.43. The number of carbonyl (C=O) groups excluding carboxylic acids is 2. The smallest absolute Gasteiger partial charge is 0.418 e. The lowest BCUT2D eigenvalue weighted by molar-refractivity contribution is -0.218. The zero-order valence-electron chi connectivity index (χ0n) is 24.3. The fraction of sp³-hybridized carbons (Fsp3) is 0.440. The van der Waals surface area contributed by atoms with Crippen LogP contribution in [0.4, 0.5) is 5.13 Å². The molecular weight excluding hydrogens is 636 g/mol. The van der Waals surface area contributed by atoms with Crippen molar-refractivity contribution in [2.24, 2.45) is 15.9 Å². The van der Waals surface area contributed by atoms with E-state index < -0.39 is 58.2 Å². The van der Waals surface area contributed by atoms with Crippen LogP contribution in [0.5, 0.6) is 5.75 Å². The molecule has 2 aliphatic heterocycles. The Hall–Kier alpha value is -4.37. The zero-order valence-corrected chi connectivity index (χ0v) is 25.9. The molecule has 18 nitrogen and oxygen atoms in total. The molecule has 45 heavy (non-hydrogen) atoms. The highest BCUT2D eigenvalue weighted by molar-refractivity contribution is 7.80. The first-order valence-electron chi connectivity index (χ1n) is 13.4. The second kappa shape index (κ2) is 13.3. The van der Waals surface area contributed by atoms with Gasteiger partial charge in [0.1, 0.15) is 29.9 Å². The average Bonchev–Trinajstić information content (AvgIpc) is 3.60. The third-order valence-electron chi connectivity index (χ3n) is 6.83. The largest absolute Gasteiger partial charge is 0.489 e. The number of aromatic nitrogens is 1. The van der Waals surface area contributed by atoms with Gasteiger partial charge in [-0.15, -0.1) is 15.6 Å². The van der Waals surface area contributed by atoms with Gasteiger partial charge in [0.15, 0.2) is 10.8 Å². The summed E-state index contributed by atoms with van der Waals surface area (Å²) in [6, 6.07) is 5.28. The summed E-state index contributed by atoms with van der Waals surface area (Å²) >= 11 is 1.02. The van der Waals surface area contributed by atoms with Crippen molar-refractivity contribution in [3.63, 3.8) is 0 Å². The molecule has 2 amide bonds. The molecule has 0 bridgehead atoms. The van der Waals surface area contributed by atoms with E-state index in [0.717, 1.165) is 30.8 Å². The number of nitrogens with two attached hydrogens (primary N) is 2. The first kappa shape index (κ1) is 33.5. The number of oxime groups is 1. The van der Waals surface area contributed by atoms with E-state index >= 15 is 0 Å². The van der Waals surface area contributed by atoms with Gasteiger partial charge in [-0.2, -0.15) is 13.5 Å². The summed E-state index contributed by atoms with van der Waals surface area (Å²) in [5.41, 5.74) is 10.6. The van der Waals surface area contributed by atoms with Crippen LogP contribution in [0.2, 0.25) is 0 Å². The Kier molecular flexibility index (Phi) is 9.92. The Bertz CT molecular complexity index is 1620. The van der Waals surface area contributed by atoms with Crippen LogP contribution in [0, 0.1) is 6.92 Å². The predicted molar refractivity (Wildman–Crippen MR) is 160 cm³/mol. The van der Waals surface area contributed by atoms with Gasteiger partial charge in [0, 0.05) is 17.0 Å². The minimum atomic E-state index is -5.02. The highest BCUT2D eigenvalue weighted by atomic mass is 32.3. The third kappa shape index (κ3) is 8.02. The van der Waals surface area contributed by atoms with Crippen molar-refractivity contribution in [3.05, 3.63) is 40.4 Å². The van der Waals surface area contributed by atoms with Gasteiger partial charge in [0.25, 0.3) is 17.9 Å². The second-order valence-corrected chi connectivity index (χ2v) is 12.8. The van der Waals surface area contributed by atoms with Crippen molar-refractivity contribution < 1.29 is 46.3 Å². The van der Waals surface area contributed by atoms with Crippen LogP contribution in [0.1, 0.15) is 36.4 Å². The molecular formula is C25H32N8O10S2. The number of amidine groups is 1. The number of thiazole rings is 1. The van der Waals surface area contributed by atoms with E-state index in [9.17, 15) is 27.9 Å². The Morgan fingerprint density at radius 3 is 2.53 bits per heavy atom. The summed E-state index contributed by atoms with van der Waals surface area (Å²) in [5.74, 6) is -2.80. The molecule has 1 aromatic carbocycles. The predicted octanol–water partition coefficient (Wildman–Crippen LogP) is -0.806. The summed E-state index contributed by atoms with van der Waals surface area (Å²) in [6.45, 7) is 5.42. The number of ether oxygens (including phenoxy) is 1. The van der Waals surface area contributed by atoms with Gasteiger partial charge >= 0.3 is 16.4 Å². The summed E-state index contributed by atoms with van der Waals surface area (Å²) < 4.78 is 41.0. The maximum atomic E-state index is 13.3. The van der Waals surface area contributed by atoms with Crippen LogP contribution in [-0.2, 0) is 33.9 Å². The van der Waals surface area contributed by atoms with Crippen molar-refractivity contribution in [2.75, 3.05) is 25.4 Å². The zero-order chi connectivity index (χ0) is 33.1. The van der Waals surface area contributed by atoms with Gasteiger partial charge in [0.2, 0.25) is 0 Å². The minimum absolute atomic E-state index is 0.0427. The number of β-lactam (4-membered cyclic amide) rings is 1. The number of hydrogen-bond donors (Lipinski definition) is 6. The number of nitrogen functional groups attached to an aromatic ring is 1. The maximum absolute atomic E-state index is 13.3. The van der Waals surface area contributed by atoms with Gasteiger partial charge in [-0.1, -0.05) is 5.16 Å². The lowest BCUT2D eigenvalue weighted by Gasteiger charge is -2.50. The van der Waals surface area contributed by atoms with Crippen LogP contribution in [0.25, 0.3) is 0 Å². The number of aryl methyl sites for hydroxylation is 1. The molecule has 3 atom stereocenters. The number of hydrogen-bond acceptors (Lipinski definition) is 14. The van der Waals surface area contributed by atoms with Crippen molar-refractivity contribution >= 4 is 56.2 Å². The number of carbonyl (C=O) groups is 3. The Morgan fingerprint density at radius 1 is 1.31 bits per heavy atom. The molecule has 20 heteroatoms. The van der Waals surface area contributed by atoms with Gasteiger partial charge in [-0.25, -0.2) is 9.78 Å². The highest BCUT2D eigenvalue weighted by Gasteiger charge is 2.58. The van der Waals surface area contributed by atoms with Crippen molar-refractivity contribution in [3.8, 4) is 5.75 Å². The van der Waals surface area contributed by atoms with E-state index in [4.69, 9.17) is 25.6 Å². The number of anilines is 1. The number of amides is 2. The SMILES string of the molecule is Cc1sc(N)nc1/C(=N/O[C@@H](COc1ccc(C(N)=N[C@H]2CCNC2)cc1)C(=O)O)C(=O)N[C@@H]1C(=O)N(OS(=O)(=O)O)C1(C)C. The second-order valence-electron chi connectivity index (χ2n) is 10.5. The van der Waals surface area contributed by atoms with E-state index in [0.29, 0.717) is 27.1 Å². The number of nitrogens with zero attached hydrogens (tertiary/aromatic N) is 4. The maximum Gasteiger partial charge on any atom is 0.418 e. The standard InChI is InChI=1S/C25H32N8O10S2/c1-12-17(30-24(27)44-12)18(21(34)31-19-22(35)33(25(19,2)3)43-45(38,39)40)32-42-16(23(36)37)11-41-15-6-4-13(5-7-15)20(26)29-14-8-9-28-10-14/h4-7,14,16,19,28H,8-11H2,1-3H3,(H2,26,29)(H2,27,30)(H,31,34)(H,36,37)(H,38,39,40)/b32-18-/t14-,16-,19+/m0/s1. The van der Waals surface area contributed by atoms with Crippen molar-refractivity contribution in [1.82, 2.24) is 20.7 Å². The van der Waals surface area contributed by atoms with E-state index in [-0.39, 0.29) is 16.9 Å². The Labute approximate surface area is 261 Å². The Balaban J connectivity index is 1.47. The van der Waals surface area contributed by atoms with Crippen LogP contribution in [-0.4, -0.2) is 101 Å². The van der Waals surface area contributed by atoms with Gasteiger partial charge in [-0.3, -0.25) is 19.1 Å². The van der Waals surface area contributed by atoms with Crippen LogP contribution < -0.4 is 26.8 Å². The first-order chi connectivity index (χ1) is 21.1. The molecule has 3 heterocycles. The molecule has 244 valence electrons. The summed E-state index contributed by atoms with van der Waals surface area (Å²) in [7, 11) is -5.02. The number of carboxylic acid groups (broad SMARTS) is 1. The number of aliphatic carboxylic acids is 1. The topological polar surface area (TPSA) is 270 Å². The van der Waals surface area contributed by atoms with E-state index in [1.807, 2.05) is 0 Å². The van der Waals surface area contributed by atoms with E-state index in [2.05, 4.69) is 30.0 Å². The summed E-state index contributed by atoms with van der Waals surface area (Å²) in [4.78, 5) is 52.0. The van der Waals surface area contributed by atoms with Crippen LogP contribution in [0.3, 0.4) is 0 Å². The highest BCUT2D eigenvalue weighted by Crippen LogP contribution is 2.33. The molecule has 1 aromatic heterocycles. The van der Waals surface area contributed by atoms with E-state index in [1.54, 1.807) is 31.2 Å². The molecule has 2 fully saturated rings. The van der Waals surface area contributed by atoms with Crippen LogP contribution in [0.15, 0.2) is 34.4 Å². The number of aliphatic imine (C=N–C) groups is 1. The van der Waals surface area contributed by atoms with Gasteiger partial charge < -0.3 is 36.8 Å². The lowest BCUT2D eigenvalue weighted by Crippen LogP contribution is -2.76. The number of rotatable bonds is 13. The Morgan fingerprint density at radius 2 is 2.00 bits per heavy atom.